The van der Waals surface area contributed by atoms with Crippen LogP contribution in [0.5, 0.6) is 5.75 Å². The molecule has 4 fully saturated rings. The first-order valence-electron chi connectivity index (χ1n) is 16.8. The second-order valence-electron chi connectivity index (χ2n) is 13.4. The van der Waals surface area contributed by atoms with Crippen LogP contribution in [0.3, 0.4) is 0 Å². The number of aromatic nitrogens is 3. The van der Waals surface area contributed by atoms with E-state index in [2.05, 4.69) is 46.8 Å². The molecule has 1 unspecified atom stereocenters. The number of hydrogen-bond acceptors (Lipinski definition) is 8. The number of rotatable bonds is 10. The number of pyridine rings is 1. The van der Waals surface area contributed by atoms with Gasteiger partial charge in [-0.05, 0) is 108 Å². The molecule has 4 heterocycles. The standard InChI is InChI=1S/C35H48N4O5/c1-35(16-17-35)44-28-11-12-30-29(23-28)33(37-39(30)32-6-4-5-21-42-32)25-13-18-36-31(22-25)38-19-14-27(15-20-38)43-26-9-7-24(8-10-26)34(40-2)41-3/h11-13,18,22-24,26-27,32,34H,4-10,14-17,19-21H2,1-3H3/t24-,26-,32?. The summed E-state index contributed by atoms with van der Waals surface area (Å²) >= 11 is 0. The average molecular weight is 605 g/mol. The zero-order valence-electron chi connectivity index (χ0n) is 26.6. The Morgan fingerprint density at radius 2 is 1.68 bits per heavy atom. The fraction of sp³-hybridized carbons (Fsp3) is 0.657. The first kappa shape index (κ1) is 30.0. The highest BCUT2D eigenvalue weighted by Crippen LogP contribution is 2.42. The molecule has 3 aromatic rings. The van der Waals surface area contributed by atoms with Gasteiger partial charge in [0, 0.05) is 57.0 Å². The Bertz CT molecular complexity index is 1400. The summed E-state index contributed by atoms with van der Waals surface area (Å²) < 4.78 is 32.2. The Hall–Kier alpha value is -2.72. The molecular weight excluding hydrogens is 556 g/mol. The van der Waals surface area contributed by atoms with Crippen molar-refractivity contribution in [3.8, 4) is 17.0 Å². The lowest BCUT2D eigenvalue weighted by atomic mass is 9.86. The summed E-state index contributed by atoms with van der Waals surface area (Å²) in [5.74, 6) is 2.37. The first-order chi connectivity index (χ1) is 21.5. The molecule has 0 amide bonds. The third-order valence-corrected chi connectivity index (χ3v) is 10.2. The van der Waals surface area contributed by atoms with E-state index < -0.39 is 0 Å². The fourth-order valence-corrected chi connectivity index (χ4v) is 7.31. The van der Waals surface area contributed by atoms with Crippen LogP contribution in [-0.2, 0) is 18.9 Å². The van der Waals surface area contributed by atoms with E-state index >= 15 is 0 Å². The van der Waals surface area contributed by atoms with Gasteiger partial charge in [-0.2, -0.15) is 5.10 Å². The Kier molecular flexibility index (Phi) is 8.82. The molecule has 2 aliphatic carbocycles. The van der Waals surface area contributed by atoms with Crippen molar-refractivity contribution >= 4 is 16.7 Å². The van der Waals surface area contributed by atoms with Gasteiger partial charge in [-0.1, -0.05) is 0 Å². The summed E-state index contributed by atoms with van der Waals surface area (Å²) in [6.07, 6.45) is 14.3. The molecule has 9 nitrogen and oxygen atoms in total. The van der Waals surface area contributed by atoms with Crippen LogP contribution in [-0.4, -0.2) is 72.8 Å². The zero-order chi connectivity index (χ0) is 30.1. The second kappa shape index (κ2) is 12.9. The second-order valence-corrected chi connectivity index (χ2v) is 13.4. The lowest BCUT2D eigenvalue weighted by Gasteiger charge is -2.37. The molecule has 9 heteroatoms. The Morgan fingerprint density at radius 1 is 0.909 bits per heavy atom. The van der Waals surface area contributed by atoms with Gasteiger partial charge in [-0.3, -0.25) is 0 Å². The summed E-state index contributed by atoms with van der Waals surface area (Å²) in [5.41, 5.74) is 3.09. The van der Waals surface area contributed by atoms with Gasteiger partial charge in [0.25, 0.3) is 0 Å². The lowest BCUT2D eigenvalue weighted by Crippen LogP contribution is -2.40. The van der Waals surface area contributed by atoms with E-state index in [1.807, 2.05) is 6.20 Å². The topological polar surface area (TPSA) is 80.1 Å². The van der Waals surface area contributed by atoms with Crippen molar-refractivity contribution in [3.63, 3.8) is 0 Å². The number of nitrogens with zero attached hydrogens (tertiary/aromatic N) is 4. The molecule has 2 saturated heterocycles. The molecule has 0 spiro atoms. The van der Waals surface area contributed by atoms with Crippen LogP contribution < -0.4 is 9.64 Å². The third-order valence-electron chi connectivity index (χ3n) is 10.2. The number of methoxy groups -OCH3 is 2. The summed E-state index contributed by atoms with van der Waals surface area (Å²) in [6.45, 7) is 4.84. The van der Waals surface area contributed by atoms with Crippen molar-refractivity contribution in [3.05, 3.63) is 36.5 Å². The van der Waals surface area contributed by atoms with E-state index in [-0.39, 0.29) is 18.1 Å². The maximum Gasteiger partial charge on any atom is 0.159 e. The van der Waals surface area contributed by atoms with E-state index in [1.54, 1.807) is 14.2 Å². The number of hydrogen-bond donors (Lipinski definition) is 0. The molecule has 2 aromatic heterocycles. The Morgan fingerprint density at radius 3 is 2.39 bits per heavy atom. The van der Waals surface area contributed by atoms with Gasteiger partial charge in [0.05, 0.1) is 17.7 Å². The van der Waals surface area contributed by atoms with Gasteiger partial charge in [0.2, 0.25) is 0 Å². The van der Waals surface area contributed by atoms with Crippen LogP contribution in [0.4, 0.5) is 5.82 Å². The predicted octanol–water partition coefficient (Wildman–Crippen LogP) is 6.89. The van der Waals surface area contributed by atoms with E-state index in [0.717, 1.165) is 124 Å². The van der Waals surface area contributed by atoms with Crippen LogP contribution in [0, 0.1) is 5.92 Å². The molecule has 4 aliphatic rings. The van der Waals surface area contributed by atoms with Crippen LogP contribution in [0.15, 0.2) is 36.5 Å². The summed E-state index contributed by atoms with van der Waals surface area (Å²) in [5, 5.41) is 6.28. The Balaban J connectivity index is 1.05. The van der Waals surface area contributed by atoms with Crippen LogP contribution >= 0.6 is 0 Å². The van der Waals surface area contributed by atoms with Crippen molar-refractivity contribution in [2.24, 2.45) is 5.92 Å². The van der Waals surface area contributed by atoms with Gasteiger partial charge in [0.15, 0.2) is 12.5 Å². The molecule has 1 aromatic carbocycles. The SMILES string of the molecule is COC(OC)[C@H]1CC[C@H](OC2CCN(c3cc(-c4nn(C5CCCCO5)c5ccc(OC6(C)CC6)cc45)ccn3)CC2)CC1. The number of anilines is 1. The molecular formula is C35H48N4O5. The highest BCUT2D eigenvalue weighted by Gasteiger charge is 2.40. The first-order valence-corrected chi connectivity index (χ1v) is 16.8. The minimum absolute atomic E-state index is 0.0352. The largest absolute Gasteiger partial charge is 0.488 e. The van der Waals surface area contributed by atoms with Crippen molar-refractivity contribution < 1.29 is 23.7 Å². The van der Waals surface area contributed by atoms with E-state index in [1.165, 1.54) is 0 Å². The minimum atomic E-state index is -0.101. The quantitative estimate of drug-likeness (QED) is 0.232. The maximum atomic E-state index is 6.60. The summed E-state index contributed by atoms with van der Waals surface area (Å²) in [7, 11) is 3.47. The monoisotopic (exact) mass is 604 g/mol. The molecule has 2 saturated carbocycles. The highest BCUT2D eigenvalue weighted by molar-refractivity contribution is 5.94. The number of piperidine rings is 1. The normalized spacial score (nSPS) is 25.9. The van der Waals surface area contributed by atoms with Crippen LogP contribution in [0.25, 0.3) is 22.2 Å². The molecule has 0 bridgehead atoms. The summed E-state index contributed by atoms with van der Waals surface area (Å²) in [4.78, 5) is 7.20. The van der Waals surface area contributed by atoms with E-state index in [9.17, 15) is 0 Å². The van der Waals surface area contributed by atoms with Crippen LogP contribution in [0.1, 0.15) is 83.8 Å². The summed E-state index contributed by atoms with van der Waals surface area (Å²) in [6, 6.07) is 10.7. The molecule has 44 heavy (non-hydrogen) atoms. The van der Waals surface area contributed by atoms with Crippen LogP contribution in [0.2, 0.25) is 0 Å². The van der Waals surface area contributed by atoms with Crippen molar-refractivity contribution in [2.45, 2.75) is 108 Å². The molecule has 2 aliphatic heterocycles. The van der Waals surface area contributed by atoms with E-state index in [0.29, 0.717) is 18.1 Å². The molecule has 1 atom stereocenters. The van der Waals surface area contributed by atoms with Gasteiger partial charge < -0.3 is 28.6 Å². The smallest absolute Gasteiger partial charge is 0.159 e. The molecule has 238 valence electrons. The number of ether oxygens (including phenoxy) is 5. The van der Waals surface area contributed by atoms with E-state index in [4.69, 9.17) is 33.8 Å². The highest BCUT2D eigenvalue weighted by atomic mass is 16.7. The number of fused-ring (bicyclic) bond motifs is 1. The molecule has 7 rings (SSSR count). The number of benzene rings is 1. The molecule has 0 N–H and O–H groups in total. The third kappa shape index (κ3) is 6.48. The molecule has 0 radical (unpaired) electrons. The predicted molar refractivity (Wildman–Crippen MR) is 170 cm³/mol. The van der Waals surface area contributed by atoms with Gasteiger partial charge >= 0.3 is 0 Å². The van der Waals surface area contributed by atoms with Gasteiger partial charge in [-0.15, -0.1) is 0 Å². The maximum absolute atomic E-state index is 6.60. The Labute approximate surface area is 261 Å². The van der Waals surface area contributed by atoms with Gasteiger partial charge in [0.1, 0.15) is 22.9 Å². The average Bonchev–Trinajstić information content (AvgIpc) is 3.67. The van der Waals surface area contributed by atoms with Crippen molar-refractivity contribution in [1.82, 2.24) is 14.8 Å². The zero-order valence-corrected chi connectivity index (χ0v) is 26.6. The fourth-order valence-electron chi connectivity index (χ4n) is 7.31. The van der Waals surface area contributed by atoms with Gasteiger partial charge in [-0.25, -0.2) is 9.67 Å². The van der Waals surface area contributed by atoms with Crippen molar-refractivity contribution in [2.75, 3.05) is 38.8 Å². The minimum Gasteiger partial charge on any atom is -0.488 e. The lowest BCUT2D eigenvalue weighted by molar-refractivity contribution is -0.153. The van der Waals surface area contributed by atoms with Crippen molar-refractivity contribution in [1.29, 1.82) is 0 Å².